The molecule has 60 valence electrons. The van der Waals surface area contributed by atoms with E-state index in [0.717, 1.165) is 12.8 Å². The SMILES string of the molecule is NCCCC[C@H](N)C(=O)S. The lowest BCUT2D eigenvalue weighted by atomic mass is 10.1. The Morgan fingerprint density at radius 3 is 2.50 bits per heavy atom. The van der Waals surface area contributed by atoms with Crippen molar-refractivity contribution in [3.63, 3.8) is 0 Å². The molecule has 0 saturated heterocycles. The second-order valence-corrected chi connectivity index (χ2v) is 2.67. The Hall–Kier alpha value is -0.0600. The topological polar surface area (TPSA) is 69.1 Å². The van der Waals surface area contributed by atoms with E-state index in [1.54, 1.807) is 0 Å². The van der Waals surface area contributed by atoms with Gasteiger partial charge in [0.1, 0.15) is 0 Å². The standard InChI is InChI=1S/C6H14N2OS/c7-4-2-1-3-5(8)6(9)10/h5H,1-4,7-8H2,(H,9,10)/t5-/m0/s1. The van der Waals surface area contributed by atoms with Gasteiger partial charge in [-0.2, -0.15) is 0 Å². The van der Waals surface area contributed by atoms with Crippen LogP contribution in [0.4, 0.5) is 0 Å². The molecule has 0 aliphatic carbocycles. The van der Waals surface area contributed by atoms with Gasteiger partial charge < -0.3 is 11.5 Å². The van der Waals surface area contributed by atoms with E-state index < -0.39 is 6.04 Å². The third kappa shape index (κ3) is 4.78. The van der Waals surface area contributed by atoms with Crippen molar-refractivity contribution in [1.82, 2.24) is 0 Å². The van der Waals surface area contributed by atoms with Gasteiger partial charge in [0.15, 0.2) is 0 Å². The Balaban J connectivity index is 3.21. The number of rotatable bonds is 5. The lowest BCUT2D eigenvalue weighted by Crippen LogP contribution is -2.26. The van der Waals surface area contributed by atoms with Crippen LogP contribution >= 0.6 is 12.6 Å². The largest absolute Gasteiger partial charge is 0.330 e. The lowest BCUT2D eigenvalue weighted by molar-refractivity contribution is -0.112. The molecular weight excluding hydrogens is 148 g/mol. The highest BCUT2D eigenvalue weighted by Crippen LogP contribution is 1.99. The van der Waals surface area contributed by atoms with Crippen LogP contribution in [0.25, 0.3) is 0 Å². The fraction of sp³-hybridized carbons (Fsp3) is 0.833. The molecule has 0 radical (unpaired) electrons. The maximum Gasteiger partial charge on any atom is 0.202 e. The summed E-state index contributed by atoms with van der Waals surface area (Å²) >= 11 is 3.60. The van der Waals surface area contributed by atoms with Crippen molar-refractivity contribution in [3.8, 4) is 0 Å². The van der Waals surface area contributed by atoms with Crippen LogP contribution in [0.2, 0.25) is 0 Å². The fourth-order valence-corrected chi connectivity index (χ4v) is 0.761. The Bertz CT molecular complexity index is 108. The van der Waals surface area contributed by atoms with E-state index >= 15 is 0 Å². The summed E-state index contributed by atoms with van der Waals surface area (Å²) < 4.78 is 0. The average molecular weight is 162 g/mol. The summed E-state index contributed by atoms with van der Waals surface area (Å²) in [7, 11) is 0. The molecule has 0 heterocycles. The van der Waals surface area contributed by atoms with Crippen molar-refractivity contribution in [2.45, 2.75) is 25.3 Å². The molecule has 0 aliphatic heterocycles. The van der Waals surface area contributed by atoms with Crippen LogP contribution in [-0.2, 0) is 4.79 Å². The Kier molecular flexibility index (Phi) is 5.67. The molecule has 4 N–H and O–H groups in total. The number of carbonyl (C=O) groups excluding carboxylic acids is 1. The minimum Gasteiger partial charge on any atom is -0.330 e. The van der Waals surface area contributed by atoms with Crippen LogP contribution in [0.1, 0.15) is 19.3 Å². The Morgan fingerprint density at radius 1 is 1.50 bits per heavy atom. The summed E-state index contributed by atoms with van der Waals surface area (Å²) in [5.41, 5.74) is 10.6. The van der Waals surface area contributed by atoms with Crippen LogP contribution in [-0.4, -0.2) is 17.7 Å². The van der Waals surface area contributed by atoms with E-state index in [9.17, 15) is 4.79 Å². The van der Waals surface area contributed by atoms with Crippen molar-refractivity contribution in [3.05, 3.63) is 0 Å². The molecular formula is C6H14N2OS. The predicted octanol–water partition coefficient (Wildman–Crippen LogP) is -0.101. The minimum absolute atomic E-state index is 0.239. The van der Waals surface area contributed by atoms with E-state index in [1.807, 2.05) is 0 Å². The summed E-state index contributed by atoms with van der Waals surface area (Å²) in [4.78, 5) is 10.4. The second-order valence-electron chi connectivity index (χ2n) is 2.23. The first-order chi connectivity index (χ1) is 4.68. The first-order valence-electron chi connectivity index (χ1n) is 3.37. The van der Waals surface area contributed by atoms with E-state index in [0.29, 0.717) is 13.0 Å². The zero-order valence-electron chi connectivity index (χ0n) is 5.92. The van der Waals surface area contributed by atoms with E-state index in [-0.39, 0.29) is 5.12 Å². The zero-order chi connectivity index (χ0) is 7.98. The molecule has 0 amide bonds. The van der Waals surface area contributed by atoms with Crippen LogP contribution in [0, 0.1) is 0 Å². The number of unbranched alkanes of at least 4 members (excludes halogenated alkanes) is 1. The van der Waals surface area contributed by atoms with E-state index in [4.69, 9.17) is 11.5 Å². The van der Waals surface area contributed by atoms with Crippen LogP contribution in [0.3, 0.4) is 0 Å². The number of nitrogens with two attached hydrogens (primary N) is 2. The van der Waals surface area contributed by atoms with Crippen molar-refractivity contribution in [2.24, 2.45) is 11.5 Å². The highest BCUT2D eigenvalue weighted by atomic mass is 32.1. The first kappa shape index (κ1) is 9.94. The normalized spacial score (nSPS) is 13.1. The molecule has 10 heavy (non-hydrogen) atoms. The summed E-state index contributed by atoms with van der Waals surface area (Å²) in [6.45, 7) is 0.660. The van der Waals surface area contributed by atoms with Gasteiger partial charge in [0, 0.05) is 0 Å². The summed E-state index contributed by atoms with van der Waals surface area (Å²) in [5.74, 6) is 0. The van der Waals surface area contributed by atoms with Gasteiger partial charge in [-0.05, 0) is 19.4 Å². The zero-order valence-corrected chi connectivity index (χ0v) is 6.81. The highest BCUT2D eigenvalue weighted by Gasteiger charge is 2.06. The number of hydrogen-bond acceptors (Lipinski definition) is 3. The van der Waals surface area contributed by atoms with Gasteiger partial charge in [-0.25, -0.2) is 0 Å². The molecule has 0 aromatic heterocycles. The maximum atomic E-state index is 10.4. The summed E-state index contributed by atoms with van der Waals surface area (Å²) in [5, 5.41) is -0.239. The Labute approximate surface area is 66.6 Å². The predicted molar refractivity (Wildman–Crippen MR) is 44.9 cm³/mol. The van der Waals surface area contributed by atoms with Crippen molar-refractivity contribution in [1.29, 1.82) is 0 Å². The highest BCUT2D eigenvalue weighted by molar-refractivity contribution is 7.96. The van der Waals surface area contributed by atoms with Gasteiger partial charge in [-0.3, -0.25) is 4.79 Å². The molecule has 0 bridgehead atoms. The maximum absolute atomic E-state index is 10.4. The first-order valence-corrected chi connectivity index (χ1v) is 3.81. The molecule has 0 aromatic carbocycles. The Morgan fingerprint density at radius 2 is 2.10 bits per heavy atom. The molecule has 0 fully saturated rings. The number of thiol groups is 1. The monoisotopic (exact) mass is 162 g/mol. The summed E-state index contributed by atoms with van der Waals surface area (Å²) in [6, 6.07) is -0.408. The molecule has 4 heteroatoms. The van der Waals surface area contributed by atoms with Gasteiger partial charge in [-0.1, -0.05) is 6.42 Å². The van der Waals surface area contributed by atoms with Gasteiger partial charge in [0.25, 0.3) is 0 Å². The summed E-state index contributed by atoms with van der Waals surface area (Å²) in [6.07, 6.45) is 2.53. The molecule has 0 aliphatic rings. The van der Waals surface area contributed by atoms with E-state index in [2.05, 4.69) is 12.6 Å². The lowest BCUT2D eigenvalue weighted by Gasteiger charge is -2.04. The van der Waals surface area contributed by atoms with Gasteiger partial charge in [0.05, 0.1) is 6.04 Å². The van der Waals surface area contributed by atoms with Crippen LogP contribution < -0.4 is 11.5 Å². The van der Waals surface area contributed by atoms with Gasteiger partial charge in [0.2, 0.25) is 5.12 Å². The van der Waals surface area contributed by atoms with Gasteiger partial charge in [-0.15, -0.1) is 12.6 Å². The third-order valence-electron chi connectivity index (χ3n) is 1.29. The number of carbonyl (C=O) groups is 1. The molecule has 0 unspecified atom stereocenters. The molecule has 1 atom stereocenters. The molecule has 0 rings (SSSR count). The molecule has 0 spiro atoms. The minimum atomic E-state index is -0.408. The van der Waals surface area contributed by atoms with E-state index in [1.165, 1.54) is 0 Å². The average Bonchev–Trinajstić information content (AvgIpc) is 1.88. The third-order valence-corrected chi connectivity index (χ3v) is 1.62. The second kappa shape index (κ2) is 5.70. The van der Waals surface area contributed by atoms with Crippen LogP contribution in [0.5, 0.6) is 0 Å². The van der Waals surface area contributed by atoms with Crippen molar-refractivity contribution < 1.29 is 4.79 Å². The fourth-order valence-electron chi connectivity index (χ4n) is 0.632. The smallest absolute Gasteiger partial charge is 0.202 e. The molecule has 0 aromatic rings. The number of hydrogen-bond donors (Lipinski definition) is 3. The van der Waals surface area contributed by atoms with Crippen molar-refractivity contribution >= 4 is 17.7 Å². The van der Waals surface area contributed by atoms with Crippen LogP contribution in [0.15, 0.2) is 0 Å². The quantitative estimate of drug-likeness (QED) is 0.390. The van der Waals surface area contributed by atoms with Crippen molar-refractivity contribution in [2.75, 3.05) is 6.54 Å². The molecule has 0 saturated carbocycles. The van der Waals surface area contributed by atoms with Gasteiger partial charge >= 0.3 is 0 Å². The molecule has 3 nitrogen and oxygen atoms in total.